The predicted octanol–water partition coefficient (Wildman–Crippen LogP) is 2.98. The summed E-state index contributed by atoms with van der Waals surface area (Å²) in [7, 11) is 0. The quantitative estimate of drug-likeness (QED) is 0.870. The third-order valence-corrected chi connectivity index (χ3v) is 3.58. The van der Waals surface area contributed by atoms with Crippen molar-refractivity contribution in [3.8, 4) is 0 Å². The summed E-state index contributed by atoms with van der Waals surface area (Å²) in [4.78, 5) is 0. The molecule has 0 saturated carbocycles. The van der Waals surface area contributed by atoms with Crippen LogP contribution in [0.1, 0.15) is 31.9 Å². The summed E-state index contributed by atoms with van der Waals surface area (Å²) in [5, 5.41) is 3.62. The van der Waals surface area contributed by atoms with E-state index < -0.39 is 0 Å². The molecular formula is C15H23NO2. The summed E-state index contributed by atoms with van der Waals surface area (Å²) in [5.74, 6) is 0. The van der Waals surface area contributed by atoms with E-state index in [0.717, 1.165) is 12.8 Å². The number of hydrogen-bond donors (Lipinski definition) is 1. The molecule has 0 aliphatic carbocycles. The monoisotopic (exact) mass is 249 g/mol. The van der Waals surface area contributed by atoms with Crippen molar-refractivity contribution in [1.29, 1.82) is 0 Å². The van der Waals surface area contributed by atoms with Crippen molar-refractivity contribution in [3.63, 3.8) is 0 Å². The van der Waals surface area contributed by atoms with Gasteiger partial charge in [-0.05, 0) is 30.9 Å². The Bertz CT molecular complexity index is 364. The summed E-state index contributed by atoms with van der Waals surface area (Å²) in [6.07, 6.45) is 2.25. The van der Waals surface area contributed by atoms with E-state index in [9.17, 15) is 0 Å². The molecule has 0 spiro atoms. The van der Waals surface area contributed by atoms with E-state index >= 15 is 0 Å². The van der Waals surface area contributed by atoms with Crippen molar-refractivity contribution in [2.24, 2.45) is 0 Å². The van der Waals surface area contributed by atoms with Gasteiger partial charge in [0.15, 0.2) is 0 Å². The highest BCUT2D eigenvalue weighted by atomic mass is 16.7. The van der Waals surface area contributed by atoms with Gasteiger partial charge in [0, 0.05) is 5.69 Å². The molecule has 0 bridgehead atoms. The van der Waals surface area contributed by atoms with E-state index in [-0.39, 0.29) is 12.1 Å². The zero-order valence-electron chi connectivity index (χ0n) is 11.5. The number of anilines is 1. The van der Waals surface area contributed by atoms with Crippen molar-refractivity contribution < 1.29 is 9.47 Å². The average Bonchev–Trinajstić information content (AvgIpc) is 2.93. The van der Waals surface area contributed by atoms with Crippen molar-refractivity contribution in [3.05, 3.63) is 29.3 Å². The number of ether oxygens (including phenoxy) is 2. The number of rotatable bonds is 5. The summed E-state index contributed by atoms with van der Waals surface area (Å²) >= 11 is 0. The first-order valence-corrected chi connectivity index (χ1v) is 6.82. The standard InChI is InChI=1S/C15H23NO2/c1-4-12-7-6-8-13(5-2)15(12)16-11(3)14-9-17-10-18-14/h6-8,11,14,16H,4-5,9-10H2,1-3H3. The zero-order chi connectivity index (χ0) is 13.0. The first-order valence-electron chi connectivity index (χ1n) is 6.82. The maximum Gasteiger partial charge on any atom is 0.147 e. The van der Waals surface area contributed by atoms with E-state index in [1.54, 1.807) is 0 Å². The van der Waals surface area contributed by atoms with Gasteiger partial charge in [0.05, 0.1) is 12.6 Å². The molecule has 1 aromatic rings. The molecule has 1 heterocycles. The van der Waals surface area contributed by atoms with Crippen LogP contribution in [-0.4, -0.2) is 25.5 Å². The maximum absolute atomic E-state index is 5.55. The molecule has 1 N–H and O–H groups in total. The van der Waals surface area contributed by atoms with Crippen molar-refractivity contribution >= 4 is 5.69 Å². The van der Waals surface area contributed by atoms with Crippen LogP contribution in [0.15, 0.2) is 18.2 Å². The van der Waals surface area contributed by atoms with Crippen molar-refractivity contribution in [2.45, 2.75) is 45.8 Å². The van der Waals surface area contributed by atoms with Gasteiger partial charge in [0.1, 0.15) is 12.9 Å². The zero-order valence-corrected chi connectivity index (χ0v) is 11.5. The van der Waals surface area contributed by atoms with Gasteiger partial charge in [-0.15, -0.1) is 0 Å². The van der Waals surface area contributed by atoms with E-state index in [1.165, 1.54) is 16.8 Å². The van der Waals surface area contributed by atoms with Crippen molar-refractivity contribution in [1.82, 2.24) is 0 Å². The molecular weight excluding hydrogens is 226 g/mol. The molecule has 2 rings (SSSR count). The van der Waals surface area contributed by atoms with Crippen LogP contribution >= 0.6 is 0 Å². The van der Waals surface area contributed by atoms with Gasteiger partial charge < -0.3 is 14.8 Å². The van der Waals surface area contributed by atoms with E-state index in [4.69, 9.17) is 9.47 Å². The Morgan fingerprint density at radius 3 is 2.44 bits per heavy atom. The highest BCUT2D eigenvalue weighted by Crippen LogP contribution is 2.24. The van der Waals surface area contributed by atoms with Crippen LogP contribution in [0.3, 0.4) is 0 Å². The van der Waals surface area contributed by atoms with Gasteiger partial charge in [0.25, 0.3) is 0 Å². The summed E-state index contributed by atoms with van der Waals surface area (Å²) in [5.41, 5.74) is 4.03. The summed E-state index contributed by atoms with van der Waals surface area (Å²) in [6.45, 7) is 7.65. The normalized spacial score (nSPS) is 20.9. The Labute approximate surface area is 109 Å². The van der Waals surface area contributed by atoms with Crippen LogP contribution < -0.4 is 5.32 Å². The maximum atomic E-state index is 5.55. The Morgan fingerprint density at radius 2 is 1.94 bits per heavy atom. The fraction of sp³-hybridized carbons (Fsp3) is 0.600. The Balaban J connectivity index is 2.15. The van der Waals surface area contributed by atoms with Crippen LogP contribution in [0.4, 0.5) is 5.69 Å². The number of hydrogen-bond acceptors (Lipinski definition) is 3. The molecule has 2 unspecified atom stereocenters. The summed E-state index contributed by atoms with van der Waals surface area (Å²) in [6, 6.07) is 6.80. The molecule has 3 nitrogen and oxygen atoms in total. The minimum absolute atomic E-state index is 0.152. The molecule has 1 saturated heterocycles. The Hall–Kier alpha value is -1.06. The molecule has 3 heteroatoms. The van der Waals surface area contributed by atoms with Gasteiger partial charge in [-0.25, -0.2) is 0 Å². The first-order chi connectivity index (χ1) is 8.76. The van der Waals surface area contributed by atoms with Gasteiger partial charge >= 0.3 is 0 Å². The number of para-hydroxylation sites is 1. The van der Waals surface area contributed by atoms with Crippen LogP contribution in [0.2, 0.25) is 0 Å². The lowest BCUT2D eigenvalue weighted by atomic mass is 10.0. The lowest BCUT2D eigenvalue weighted by molar-refractivity contribution is 0.0431. The predicted molar refractivity (Wildman–Crippen MR) is 74.0 cm³/mol. The second-order valence-electron chi connectivity index (χ2n) is 4.79. The number of benzene rings is 1. The molecule has 0 amide bonds. The van der Waals surface area contributed by atoms with Gasteiger partial charge in [-0.2, -0.15) is 0 Å². The third-order valence-electron chi connectivity index (χ3n) is 3.58. The largest absolute Gasteiger partial charge is 0.379 e. The van der Waals surface area contributed by atoms with Crippen LogP contribution in [0.25, 0.3) is 0 Å². The minimum Gasteiger partial charge on any atom is -0.379 e. The molecule has 100 valence electrons. The second kappa shape index (κ2) is 6.21. The smallest absolute Gasteiger partial charge is 0.147 e. The van der Waals surface area contributed by atoms with Gasteiger partial charge in [0.2, 0.25) is 0 Å². The lowest BCUT2D eigenvalue weighted by Crippen LogP contribution is -2.33. The molecule has 1 aliphatic rings. The molecule has 1 fully saturated rings. The summed E-state index contributed by atoms with van der Waals surface area (Å²) < 4.78 is 10.8. The first kappa shape index (κ1) is 13.4. The van der Waals surface area contributed by atoms with Crippen LogP contribution in [0.5, 0.6) is 0 Å². The van der Waals surface area contributed by atoms with Gasteiger partial charge in [-0.1, -0.05) is 32.0 Å². The van der Waals surface area contributed by atoms with E-state index in [0.29, 0.717) is 13.4 Å². The Morgan fingerprint density at radius 1 is 1.28 bits per heavy atom. The lowest BCUT2D eigenvalue weighted by Gasteiger charge is -2.23. The van der Waals surface area contributed by atoms with E-state index in [2.05, 4.69) is 44.3 Å². The van der Waals surface area contributed by atoms with Crippen LogP contribution in [-0.2, 0) is 22.3 Å². The van der Waals surface area contributed by atoms with E-state index in [1.807, 2.05) is 0 Å². The minimum atomic E-state index is 0.152. The molecule has 2 atom stereocenters. The number of aryl methyl sites for hydroxylation is 2. The fourth-order valence-corrected chi connectivity index (χ4v) is 2.39. The average molecular weight is 249 g/mol. The van der Waals surface area contributed by atoms with Crippen molar-refractivity contribution in [2.75, 3.05) is 18.7 Å². The van der Waals surface area contributed by atoms with Crippen LogP contribution in [0, 0.1) is 0 Å². The molecule has 1 aromatic carbocycles. The fourth-order valence-electron chi connectivity index (χ4n) is 2.39. The number of nitrogens with one attached hydrogen (secondary N) is 1. The molecule has 18 heavy (non-hydrogen) atoms. The second-order valence-corrected chi connectivity index (χ2v) is 4.79. The van der Waals surface area contributed by atoms with Gasteiger partial charge in [-0.3, -0.25) is 0 Å². The molecule has 1 aliphatic heterocycles. The highest BCUT2D eigenvalue weighted by Gasteiger charge is 2.23. The molecule has 0 radical (unpaired) electrons. The topological polar surface area (TPSA) is 30.5 Å². The Kier molecular flexibility index (Phi) is 4.61. The molecule has 0 aromatic heterocycles. The SMILES string of the molecule is CCc1cccc(CC)c1NC(C)C1COCO1. The highest BCUT2D eigenvalue weighted by molar-refractivity contribution is 5.58. The third kappa shape index (κ3) is 2.85.